The summed E-state index contributed by atoms with van der Waals surface area (Å²) in [5.74, 6) is 1.93. The molecule has 2 fully saturated rings. The van der Waals surface area contributed by atoms with Crippen molar-refractivity contribution in [2.75, 3.05) is 6.54 Å². The summed E-state index contributed by atoms with van der Waals surface area (Å²) in [6.07, 6.45) is 5.48. The molecule has 0 aromatic carbocycles. The lowest BCUT2D eigenvalue weighted by molar-refractivity contribution is 0.179. The van der Waals surface area contributed by atoms with E-state index in [9.17, 15) is 0 Å². The summed E-state index contributed by atoms with van der Waals surface area (Å²) in [5.41, 5.74) is 0. The maximum Gasteiger partial charge on any atom is 0.0636 e. The molecule has 0 heterocycles. The quantitative estimate of drug-likeness (QED) is 0.664. The van der Waals surface area contributed by atoms with Crippen molar-refractivity contribution in [3.05, 3.63) is 0 Å². The standard InChI is InChI=1S/C10H19NO/c1-7(12)6-11-10-5-8-2-3-9(10)4-8/h7-12H,2-6H2,1H3/t7-,8-,9-,10+/m0/s1. The first-order chi connectivity index (χ1) is 5.75. The van der Waals surface area contributed by atoms with E-state index in [1.165, 1.54) is 25.7 Å². The highest BCUT2D eigenvalue weighted by atomic mass is 16.3. The first kappa shape index (κ1) is 8.52. The molecular formula is C10H19NO. The molecular weight excluding hydrogens is 150 g/mol. The molecule has 2 aliphatic carbocycles. The molecule has 2 aliphatic rings. The van der Waals surface area contributed by atoms with Crippen molar-refractivity contribution < 1.29 is 5.11 Å². The lowest BCUT2D eigenvalue weighted by Crippen LogP contribution is -2.38. The molecule has 4 atom stereocenters. The zero-order valence-electron chi connectivity index (χ0n) is 7.79. The van der Waals surface area contributed by atoms with Gasteiger partial charge in [0.05, 0.1) is 6.10 Å². The second-order valence-electron chi connectivity index (χ2n) is 4.54. The Morgan fingerprint density at radius 2 is 2.25 bits per heavy atom. The highest BCUT2D eigenvalue weighted by Crippen LogP contribution is 2.44. The Balaban J connectivity index is 1.76. The minimum atomic E-state index is -0.191. The molecule has 2 saturated carbocycles. The summed E-state index contributed by atoms with van der Waals surface area (Å²) in [5, 5.41) is 12.6. The normalized spacial score (nSPS) is 42.0. The number of hydrogen-bond donors (Lipinski definition) is 2. The molecule has 2 N–H and O–H groups in total. The Morgan fingerprint density at radius 1 is 1.42 bits per heavy atom. The Morgan fingerprint density at radius 3 is 2.75 bits per heavy atom. The van der Waals surface area contributed by atoms with Crippen LogP contribution in [0.5, 0.6) is 0 Å². The third-order valence-electron chi connectivity index (χ3n) is 3.41. The molecule has 0 aromatic heterocycles. The molecule has 2 rings (SSSR count). The van der Waals surface area contributed by atoms with Crippen LogP contribution in [0, 0.1) is 11.8 Å². The van der Waals surface area contributed by atoms with Crippen molar-refractivity contribution in [2.24, 2.45) is 11.8 Å². The van der Waals surface area contributed by atoms with Gasteiger partial charge in [0.25, 0.3) is 0 Å². The minimum absolute atomic E-state index is 0.191. The van der Waals surface area contributed by atoms with Crippen LogP contribution in [0.4, 0.5) is 0 Å². The molecule has 0 unspecified atom stereocenters. The fraction of sp³-hybridized carbons (Fsp3) is 1.00. The van der Waals surface area contributed by atoms with Gasteiger partial charge in [0, 0.05) is 12.6 Å². The summed E-state index contributed by atoms with van der Waals surface area (Å²) in [6, 6.07) is 0.721. The molecule has 2 bridgehead atoms. The SMILES string of the molecule is C[C@H](O)CN[C@@H]1C[C@H]2CC[C@H]1C2. The second-order valence-corrected chi connectivity index (χ2v) is 4.54. The van der Waals surface area contributed by atoms with Gasteiger partial charge in [-0.05, 0) is 38.0 Å². The van der Waals surface area contributed by atoms with E-state index in [0.29, 0.717) is 0 Å². The molecule has 0 amide bonds. The maximum atomic E-state index is 9.12. The largest absolute Gasteiger partial charge is 0.392 e. The van der Waals surface area contributed by atoms with Gasteiger partial charge >= 0.3 is 0 Å². The lowest BCUT2D eigenvalue weighted by atomic mass is 9.95. The van der Waals surface area contributed by atoms with Crippen molar-refractivity contribution >= 4 is 0 Å². The molecule has 2 nitrogen and oxygen atoms in total. The van der Waals surface area contributed by atoms with Crippen LogP contribution in [0.25, 0.3) is 0 Å². The summed E-state index contributed by atoms with van der Waals surface area (Å²) in [7, 11) is 0. The third kappa shape index (κ3) is 1.64. The first-order valence-corrected chi connectivity index (χ1v) is 5.17. The van der Waals surface area contributed by atoms with E-state index in [4.69, 9.17) is 5.11 Å². The van der Waals surface area contributed by atoms with Gasteiger partial charge < -0.3 is 10.4 Å². The molecule has 0 aliphatic heterocycles. The highest BCUT2D eigenvalue weighted by molar-refractivity contribution is 4.94. The maximum absolute atomic E-state index is 9.12. The Bertz CT molecular complexity index is 158. The van der Waals surface area contributed by atoms with Crippen LogP contribution in [0.15, 0.2) is 0 Å². The third-order valence-corrected chi connectivity index (χ3v) is 3.41. The monoisotopic (exact) mass is 169 g/mol. The lowest BCUT2D eigenvalue weighted by Gasteiger charge is -2.23. The zero-order chi connectivity index (χ0) is 8.55. The fourth-order valence-corrected chi connectivity index (χ4v) is 2.82. The molecule has 0 radical (unpaired) electrons. The number of aliphatic hydroxyl groups excluding tert-OH is 1. The second kappa shape index (κ2) is 3.35. The Kier molecular flexibility index (Phi) is 2.37. The number of nitrogens with one attached hydrogen (secondary N) is 1. The predicted molar refractivity (Wildman–Crippen MR) is 48.9 cm³/mol. The summed E-state index contributed by atoms with van der Waals surface area (Å²) < 4.78 is 0. The van der Waals surface area contributed by atoms with Gasteiger partial charge in [-0.3, -0.25) is 0 Å². The van der Waals surface area contributed by atoms with E-state index >= 15 is 0 Å². The average Bonchev–Trinajstić information content (AvgIpc) is 2.60. The first-order valence-electron chi connectivity index (χ1n) is 5.17. The zero-order valence-corrected chi connectivity index (χ0v) is 7.79. The van der Waals surface area contributed by atoms with Crippen LogP contribution in [0.3, 0.4) is 0 Å². The van der Waals surface area contributed by atoms with Crippen molar-refractivity contribution in [1.82, 2.24) is 5.32 Å². The number of rotatable bonds is 3. The molecule has 0 saturated heterocycles. The van der Waals surface area contributed by atoms with Crippen LogP contribution in [0.2, 0.25) is 0 Å². The van der Waals surface area contributed by atoms with Crippen LogP contribution in [-0.2, 0) is 0 Å². The van der Waals surface area contributed by atoms with Crippen molar-refractivity contribution in [3.63, 3.8) is 0 Å². The molecule has 0 spiro atoms. The van der Waals surface area contributed by atoms with E-state index in [1.54, 1.807) is 0 Å². The fourth-order valence-electron chi connectivity index (χ4n) is 2.82. The van der Waals surface area contributed by atoms with Crippen molar-refractivity contribution in [3.8, 4) is 0 Å². The number of fused-ring (bicyclic) bond motifs is 2. The van der Waals surface area contributed by atoms with Crippen LogP contribution >= 0.6 is 0 Å². The smallest absolute Gasteiger partial charge is 0.0636 e. The summed E-state index contributed by atoms with van der Waals surface area (Å²) in [6.45, 7) is 2.62. The van der Waals surface area contributed by atoms with Gasteiger partial charge in [-0.1, -0.05) is 6.42 Å². The van der Waals surface area contributed by atoms with Gasteiger partial charge in [0.1, 0.15) is 0 Å². The molecule has 70 valence electrons. The molecule has 12 heavy (non-hydrogen) atoms. The van der Waals surface area contributed by atoms with Crippen LogP contribution in [0.1, 0.15) is 32.6 Å². The predicted octanol–water partition coefficient (Wildman–Crippen LogP) is 1.15. The highest BCUT2D eigenvalue weighted by Gasteiger charge is 2.38. The number of aliphatic hydroxyl groups is 1. The van der Waals surface area contributed by atoms with Crippen molar-refractivity contribution in [2.45, 2.75) is 44.8 Å². The minimum Gasteiger partial charge on any atom is -0.392 e. The van der Waals surface area contributed by atoms with Gasteiger partial charge in [0.15, 0.2) is 0 Å². The molecule has 0 aromatic rings. The van der Waals surface area contributed by atoms with E-state index < -0.39 is 0 Å². The van der Waals surface area contributed by atoms with E-state index in [2.05, 4.69) is 5.32 Å². The van der Waals surface area contributed by atoms with Gasteiger partial charge in [-0.25, -0.2) is 0 Å². The number of hydrogen-bond acceptors (Lipinski definition) is 2. The average molecular weight is 169 g/mol. The van der Waals surface area contributed by atoms with Crippen molar-refractivity contribution in [1.29, 1.82) is 0 Å². The van der Waals surface area contributed by atoms with E-state index in [0.717, 1.165) is 24.4 Å². The van der Waals surface area contributed by atoms with E-state index in [1.807, 2.05) is 6.92 Å². The van der Waals surface area contributed by atoms with Gasteiger partial charge in [-0.15, -0.1) is 0 Å². The van der Waals surface area contributed by atoms with Crippen LogP contribution < -0.4 is 5.32 Å². The Labute approximate surface area is 74.4 Å². The topological polar surface area (TPSA) is 32.3 Å². The summed E-state index contributed by atoms with van der Waals surface area (Å²) in [4.78, 5) is 0. The van der Waals surface area contributed by atoms with Gasteiger partial charge in [0.2, 0.25) is 0 Å². The van der Waals surface area contributed by atoms with Gasteiger partial charge in [-0.2, -0.15) is 0 Å². The van der Waals surface area contributed by atoms with E-state index in [-0.39, 0.29) is 6.10 Å². The van der Waals surface area contributed by atoms with Crippen LogP contribution in [-0.4, -0.2) is 23.8 Å². The summed E-state index contributed by atoms with van der Waals surface area (Å²) >= 11 is 0. The molecule has 2 heteroatoms. The Hall–Kier alpha value is -0.0800.